The number of amides is 1. The van der Waals surface area contributed by atoms with Crippen LogP contribution in [-0.4, -0.2) is 76.2 Å². The number of likely N-dealkylation sites (tertiary alicyclic amines) is 1. The van der Waals surface area contributed by atoms with Crippen molar-refractivity contribution < 1.29 is 9.90 Å². The fraction of sp³-hybridized carbons (Fsp3) is 0.500. The number of nitrogens with one attached hydrogen (secondary N) is 2. The summed E-state index contributed by atoms with van der Waals surface area (Å²) in [4.78, 5) is 32.0. The molecule has 3 fully saturated rings. The molecule has 34 heavy (non-hydrogen) atoms. The van der Waals surface area contributed by atoms with Gasteiger partial charge in [0.25, 0.3) is 5.91 Å². The third kappa shape index (κ3) is 4.10. The molecule has 3 aromatic rings. The summed E-state index contributed by atoms with van der Waals surface area (Å²) in [6.45, 7) is 4.75. The SMILES string of the molecule is O=C(c1sc2cnc(Nc3ccc(N4CCNCC4)cn3)nc2c1C1CCCC1)N1CC(O)C1. The summed E-state index contributed by atoms with van der Waals surface area (Å²) in [5, 5.41) is 16.3. The van der Waals surface area contributed by atoms with Gasteiger partial charge in [-0.2, -0.15) is 0 Å². The van der Waals surface area contributed by atoms with Crippen LogP contribution in [0.25, 0.3) is 10.2 Å². The molecule has 0 atom stereocenters. The van der Waals surface area contributed by atoms with Crippen LogP contribution in [0.4, 0.5) is 17.5 Å². The lowest BCUT2D eigenvalue weighted by atomic mass is 9.96. The molecule has 5 heterocycles. The molecule has 0 aromatic carbocycles. The fourth-order valence-electron chi connectivity index (χ4n) is 5.17. The van der Waals surface area contributed by atoms with E-state index in [2.05, 4.69) is 31.6 Å². The average Bonchev–Trinajstić information content (AvgIpc) is 3.50. The van der Waals surface area contributed by atoms with Gasteiger partial charge in [0.2, 0.25) is 5.95 Å². The summed E-state index contributed by atoms with van der Waals surface area (Å²) in [5.74, 6) is 1.54. The van der Waals surface area contributed by atoms with E-state index in [0.717, 1.165) is 65.4 Å². The van der Waals surface area contributed by atoms with E-state index in [4.69, 9.17) is 4.98 Å². The first-order chi connectivity index (χ1) is 16.7. The smallest absolute Gasteiger partial charge is 0.264 e. The van der Waals surface area contributed by atoms with E-state index < -0.39 is 6.10 Å². The van der Waals surface area contributed by atoms with E-state index in [0.29, 0.717) is 30.8 Å². The number of thiophene rings is 1. The molecule has 9 nitrogen and oxygen atoms in total. The molecule has 6 rings (SSSR count). The minimum atomic E-state index is -0.408. The molecule has 2 aliphatic heterocycles. The first-order valence-corrected chi connectivity index (χ1v) is 12.9. The quantitative estimate of drug-likeness (QED) is 0.513. The summed E-state index contributed by atoms with van der Waals surface area (Å²) in [6.07, 6.45) is 7.81. The predicted molar refractivity (Wildman–Crippen MR) is 133 cm³/mol. The van der Waals surface area contributed by atoms with Crippen LogP contribution in [-0.2, 0) is 0 Å². The number of aliphatic hydroxyl groups is 1. The lowest BCUT2D eigenvalue weighted by molar-refractivity contribution is 0.00614. The number of aromatic nitrogens is 3. The number of carbonyl (C=O) groups excluding carboxylic acids is 1. The van der Waals surface area contributed by atoms with Gasteiger partial charge in [-0.05, 0) is 30.9 Å². The summed E-state index contributed by atoms with van der Waals surface area (Å²) in [5.41, 5.74) is 3.05. The average molecular weight is 480 g/mol. The van der Waals surface area contributed by atoms with Gasteiger partial charge in [-0.15, -0.1) is 11.3 Å². The molecule has 3 aliphatic rings. The van der Waals surface area contributed by atoms with Crippen molar-refractivity contribution in [1.29, 1.82) is 0 Å². The van der Waals surface area contributed by atoms with E-state index in [1.165, 1.54) is 24.2 Å². The maximum Gasteiger partial charge on any atom is 0.264 e. The number of β-amino-alcohol motifs (C(OH)–C–C–N with tert-alkyl or cyclic N) is 1. The Kier molecular flexibility index (Phi) is 5.80. The topological polar surface area (TPSA) is 107 Å². The molecule has 0 bridgehead atoms. The van der Waals surface area contributed by atoms with E-state index in [1.54, 1.807) is 4.90 Å². The van der Waals surface area contributed by atoms with Gasteiger partial charge >= 0.3 is 0 Å². The summed E-state index contributed by atoms with van der Waals surface area (Å²) < 4.78 is 0.930. The van der Waals surface area contributed by atoms with Gasteiger partial charge in [0.1, 0.15) is 5.82 Å². The number of piperazine rings is 1. The van der Waals surface area contributed by atoms with Crippen LogP contribution in [0.15, 0.2) is 24.5 Å². The molecular formula is C24H29N7O2S. The summed E-state index contributed by atoms with van der Waals surface area (Å²) in [6, 6.07) is 4.03. The van der Waals surface area contributed by atoms with Crippen molar-refractivity contribution in [3.63, 3.8) is 0 Å². The van der Waals surface area contributed by atoms with Crippen LogP contribution in [0, 0.1) is 0 Å². The number of pyridine rings is 1. The lowest BCUT2D eigenvalue weighted by Crippen LogP contribution is -2.53. The Morgan fingerprint density at radius 2 is 1.91 bits per heavy atom. The second kappa shape index (κ2) is 9.09. The van der Waals surface area contributed by atoms with E-state index in [9.17, 15) is 9.90 Å². The van der Waals surface area contributed by atoms with Crippen LogP contribution in [0.1, 0.15) is 46.8 Å². The molecular weight excluding hydrogens is 450 g/mol. The highest BCUT2D eigenvalue weighted by molar-refractivity contribution is 7.21. The highest BCUT2D eigenvalue weighted by Gasteiger charge is 2.35. The molecule has 3 aromatic heterocycles. The van der Waals surface area contributed by atoms with Crippen LogP contribution in [0.5, 0.6) is 0 Å². The zero-order chi connectivity index (χ0) is 23.1. The van der Waals surface area contributed by atoms with Crippen molar-refractivity contribution in [2.45, 2.75) is 37.7 Å². The third-order valence-electron chi connectivity index (χ3n) is 7.04. The first kappa shape index (κ1) is 21.7. The summed E-state index contributed by atoms with van der Waals surface area (Å²) >= 11 is 1.48. The van der Waals surface area contributed by atoms with Crippen LogP contribution in [0.2, 0.25) is 0 Å². The minimum Gasteiger partial charge on any atom is -0.389 e. The summed E-state index contributed by atoms with van der Waals surface area (Å²) in [7, 11) is 0. The normalized spacial score (nSPS) is 19.6. The van der Waals surface area contributed by atoms with Crippen LogP contribution in [0.3, 0.4) is 0 Å². The first-order valence-electron chi connectivity index (χ1n) is 12.1. The largest absolute Gasteiger partial charge is 0.389 e. The number of nitrogens with zero attached hydrogens (tertiary/aromatic N) is 5. The van der Waals surface area contributed by atoms with Gasteiger partial charge in [-0.1, -0.05) is 12.8 Å². The van der Waals surface area contributed by atoms with E-state index in [1.807, 2.05) is 18.5 Å². The molecule has 1 saturated carbocycles. The minimum absolute atomic E-state index is 0.00915. The third-order valence-corrected chi connectivity index (χ3v) is 8.16. The van der Waals surface area contributed by atoms with E-state index >= 15 is 0 Å². The highest BCUT2D eigenvalue weighted by atomic mass is 32.1. The molecule has 2 saturated heterocycles. The Labute approximate surface area is 202 Å². The molecule has 0 radical (unpaired) electrons. The Morgan fingerprint density at radius 3 is 2.62 bits per heavy atom. The number of aliphatic hydroxyl groups excluding tert-OH is 1. The van der Waals surface area contributed by atoms with Crippen molar-refractivity contribution in [1.82, 2.24) is 25.2 Å². The molecule has 10 heteroatoms. The van der Waals surface area contributed by atoms with Gasteiger partial charge in [0.05, 0.1) is 39.3 Å². The second-order valence-corrected chi connectivity index (χ2v) is 10.4. The molecule has 1 amide bonds. The number of hydrogen-bond donors (Lipinski definition) is 3. The number of rotatable bonds is 5. The molecule has 1 aliphatic carbocycles. The maximum absolute atomic E-state index is 13.2. The number of hydrogen-bond acceptors (Lipinski definition) is 9. The number of anilines is 3. The Balaban J connectivity index is 1.28. The van der Waals surface area contributed by atoms with Crippen LogP contribution >= 0.6 is 11.3 Å². The predicted octanol–water partition coefficient (Wildman–Crippen LogP) is 2.71. The van der Waals surface area contributed by atoms with Crippen molar-refractivity contribution in [2.24, 2.45) is 0 Å². The fourth-order valence-corrected chi connectivity index (χ4v) is 6.34. The van der Waals surface area contributed by atoms with Crippen molar-refractivity contribution in [2.75, 3.05) is 49.5 Å². The zero-order valence-electron chi connectivity index (χ0n) is 19.0. The van der Waals surface area contributed by atoms with Crippen molar-refractivity contribution in [3.8, 4) is 0 Å². The van der Waals surface area contributed by atoms with Gasteiger partial charge < -0.3 is 25.5 Å². The van der Waals surface area contributed by atoms with Gasteiger partial charge in [-0.25, -0.2) is 15.0 Å². The Morgan fingerprint density at radius 1 is 1.12 bits per heavy atom. The van der Waals surface area contributed by atoms with Gasteiger partial charge in [0, 0.05) is 44.8 Å². The molecule has 0 spiro atoms. The standard InChI is InChI=1S/C24H29N7O2S/c32-17-13-31(14-17)23(33)22-20(15-3-1-2-4-15)21-18(34-22)12-27-24(29-21)28-19-6-5-16(11-26-19)30-9-7-25-8-10-30/h5-6,11-12,15,17,25,32H,1-4,7-10,13-14H2,(H,26,27,28,29). The molecule has 3 N–H and O–H groups in total. The van der Waals surface area contributed by atoms with Gasteiger partial charge in [0.15, 0.2) is 0 Å². The van der Waals surface area contributed by atoms with Crippen molar-refractivity contribution in [3.05, 3.63) is 35.0 Å². The highest BCUT2D eigenvalue weighted by Crippen LogP contribution is 2.43. The Hall–Kier alpha value is -2.82. The van der Waals surface area contributed by atoms with Gasteiger partial charge in [-0.3, -0.25) is 4.79 Å². The zero-order valence-corrected chi connectivity index (χ0v) is 19.9. The Bertz CT molecular complexity index is 1180. The monoisotopic (exact) mass is 479 g/mol. The van der Waals surface area contributed by atoms with Crippen molar-refractivity contribution >= 4 is 44.9 Å². The maximum atomic E-state index is 13.2. The number of carbonyl (C=O) groups is 1. The van der Waals surface area contributed by atoms with E-state index in [-0.39, 0.29) is 5.91 Å². The lowest BCUT2D eigenvalue weighted by Gasteiger charge is -2.35. The second-order valence-electron chi connectivity index (χ2n) is 9.36. The van der Waals surface area contributed by atoms with Crippen LogP contribution < -0.4 is 15.5 Å². The number of fused-ring (bicyclic) bond motifs is 1. The molecule has 178 valence electrons. The molecule has 0 unspecified atom stereocenters.